The monoisotopic (exact) mass is 300 g/mol. The lowest BCUT2D eigenvalue weighted by Crippen LogP contribution is -2.48. The summed E-state index contributed by atoms with van der Waals surface area (Å²) in [5, 5.41) is 10.5. The van der Waals surface area contributed by atoms with E-state index in [1.54, 1.807) is 26.0 Å². The maximum Gasteiger partial charge on any atom is 0.320 e. The van der Waals surface area contributed by atoms with Gasteiger partial charge in [-0.25, -0.2) is 0 Å². The molecule has 0 saturated carbocycles. The van der Waals surface area contributed by atoms with E-state index in [1.807, 2.05) is 0 Å². The molecule has 0 aromatic carbocycles. The largest absolute Gasteiger partial charge is 0.468 e. The first-order valence-corrected chi connectivity index (χ1v) is 6.68. The van der Waals surface area contributed by atoms with Gasteiger partial charge in [-0.05, 0) is 13.8 Å². The molecule has 0 aromatic rings. The molecule has 0 spiro atoms. The van der Waals surface area contributed by atoms with Crippen LogP contribution >= 0.6 is 0 Å². The van der Waals surface area contributed by atoms with Crippen LogP contribution in [0.1, 0.15) is 13.8 Å². The Hall–Kier alpha value is -1.44. The molecular weight excluding hydrogens is 280 g/mol. The summed E-state index contributed by atoms with van der Waals surface area (Å²) in [6, 6.07) is 0. The molecule has 1 fully saturated rings. The summed E-state index contributed by atoms with van der Waals surface area (Å²) in [4.78, 5) is 23.7. The van der Waals surface area contributed by atoms with Crippen LogP contribution in [0.2, 0.25) is 0 Å². The fraction of sp³-hybridized carbons (Fsp3) is 0.714. The molecule has 4 atom stereocenters. The van der Waals surface area contributed by atoms with Gasteiger partial charge in [0.15, 0.2) is 11.7 Å². The number of hydrogen-bond acceptors (Lipinski definition) is 7. The molecule has 0 radical (unpaired) electrons. The van der Waals surface area contributed by atoms with Gasteiger partial charge in [0.2, 0.25) is 0 Å². The van der Waals surface area contributed by atoms with Crippen LogP contribution in [0.25, 0.3) is 0 Å². The van der Waals surface area contributed by atoms with Gasteiger partial charge in [-0.2, -0.15) is 0 Å². The number of fused-ring (bicyclic) bond motifs is 1. The van der Waals surface area contributed by atoms with Crippen molar-refractivity contribution in [1.29, 1.82) is 0 Å². The second-order valence-electron chi connectivity index (χ2n) is 5.54. The molecule has 7 heteroatoms. The van der Waals surface area contributed by atoms with Crippen molar-refractivity contribution in [3.8, 4) is 0 Å². The highest BCUT2D eigenvalue weighted by molar-refractivity contribution is 5.95. The van der Waals surface area contributed by atoms with Crippen molar-refractivity contribution < 1.29 is 33.6 Å². The fourth-order valence-corrected chi connectivity index (χ4v) is 2.77. The average Bonchev–Trinajstić information content (AvgIpc) is 2.76. The molecule has 0 unspecified atom stereocenters. The third kappa shape index (κ3) is 2.95. The van der Waals surface area contributed by atoms with Gasteiger partial charge in [-0.3, -0.25) is 9.59 Å². The molecule has 118 valence electrons. The lowest BCUT2D eigenvalue weighted by molar-refractivity contribution is -0.169. The van der Waals surface area contributed by atoms with Gasteiger partial charge in [-0.1, -0.05) is 12.2 Å². The highest BCUT2D eigenvalue weighted by atomic mass is 16.8. The standard InChI is InChI=1S/C14H20O7/c1-14(2)20-8-6-5-7(10(15)11(8)21-14)9(12(16)18-3)13(17)19-4/h5-11,15H,1-4H3/t7-,8-,10-,11-/m0/s1. The Morgan fingerprint density at radius 3 is 2.24 bits per heavy atom. The highest BCUT2D eigenvalue weighted by Gasteiger charge is 2.51. The Morgan fingerprint density at radius 2 is 1.71 bits per heavy atom. The number of aliphatic hydroxyl groups excluding tert-OH is 1. The Balaban J connectivity index is 2.26. The van der Waals surface area contributed by atoms with Gasteiger partial charge in [0.05, 0.1) is 20.3 Å². The second kappa shape index (κ2) is 5.75. The Kier molecular flexibility index (Phi) is 4.36. The van der Waals surface area contributed by atoms with Gasteiger partial charge in [0, 0.05) is 5.92 Å². The zero-order valence-corrected chi connectivity index (χ0v) is 12.4. The van der Waals surface area contributed by atoms with Crippen LogP contribution in [-0.2, 0) is 28.5 Å². The van der Waals surface area contributed by atoms with Crippen LogP contribution in [0.5, 0.6) is 0 Å². The molecule has 1 saturated heterocycles. The van der Waals surface area contributed by atoms with E-state index in [9.17, 15) is 14.7 Å². The summed E-state index contributed by atoms with van der Waals surface area (Å²) >= 11 is 0. The summed E-state index contributed by atoms with van der Waals surface area (Å²) in [6.07, 6.45) is 1.13. The van der Waals surface area contributed by atoms with E-state index in [2.05, 4.69) is 9.47 Å². The maximum absolute atomic E-state index is 11.8. The predicted octanol–water partition coefficient (Wildman–Crippen LogP) is 0.0156. The van der Waals surface area contributed by atoms with Crippen LogP contribution in [0.15, 0.2) is 12.2 Å². The number of esters is 2. The molecule has 1 heterocycles. The van der Waals surface area contributed by atoms with Crippen molar-refractivity contribution in [2.45, 2.75) is 37.9 Å². The minimum absolute atomic E-state index is 0.415. The summed E-state index contributed by atoms with van der Waals surface area (Å²) < 4.78 is 20.5. The van der Waals surface area contributed by atoms with E-state index in [4.69, 9.17) is 9.47 Å². The van der Waals surface area contributed by atoms with Crippen molar-refractivity contribution in [2.24, 2.45) is 11.8 Å². The van der Waals surface area contributed by atoms with Gasteiger partial charge >= 0.3 is 11.9 Å². The fourth-order valence-electron chi connectivity index (χ4n) is 2.77. The zero-order chi connectivity index (χ0) is 15.8. The van der Waals surface area contributed by atoms with E-state index >= 15 is 0 Å². The van der Waals surface area contributed by atoms with Crippen LogP contribution in [0.3, 0.4) is 0 Å². The van der Waals surface area contributed by atoms with Gasteiger partial charge in [-0.15, -0.1) is 0 Å². The Bertz CT molecular complexity index is 440. The summed E-state index contributed by atoms with van der Waals surface area (Å²) in [7, 11) is 2.36. The van der Waals surface area contributed by atoms with Gasteiger partial charge in [0.1, 0.15) is 12.2 Å². The van der Waals surface area contributed by atoms with E-state index < -0.39 is 47.9 Å². The molecular formula is C14H20O7. The third-order valence-electron chi connectivity index (χ3n) is 3.71. The minimum Gasteiger partial charge on any atom is -0.468 e. The molecule has 1 N–H and O–H groups in total. The lowest BCUT2D eigenvalue weighted by atomic mass is 9.80. The van der Waals surface area contributed by atoms with Crippen molar-refractivity contribution in [3.63, 3.8) is 0 Å². The Labute approximate surface area is 122 Å². The summed E-state index contributed by atoms with van der Waals surface area (Å²) in [5.74, 6) is -4.37. The van der Waals surface area contributed by atoms with E-state index in [-0.39, 0.29) is 0 Å². The van der Waals surface area contributed by atoms with E-state index in [1.165, 1.54) is 14.2 Å². The summed E-state index contributed by atoms with van der Waals surface area (Å²) in [5.41, 5.74) is 0. The number of ether oxygens (including phenoxy) is 4. The maximum atomic E-state index is 11.8. The molecule has 0 bridgehead atoms. The smallest absolute Gasteiger partial charge is 0.320 e. The topological polar surface area (TPSA) is 91.3 Å². The third-order valence-corrected chi connectivity index (χ3v) is 3.71. The first kappa shape index (κ1) is 15.9. The molecule has 1 aliphatic carbocycles. The van der Waals surface area contributed by atoms with Gasteiger partial charge in [0.25, 0.3) is 0 Å². The normalized spacial score (nSPS) is 33.6. The van der Waals surface area contributed by atoms with Crippen LogP contribution in [-0.4, -0.2) is 55.4 Å². The number of carbonyl (C=O) groups is 2. The number of rotatable bonds is 3. The van der Waals surface area contributed by atoms with Crippen molar-refractivity contribution >= 4 is 11.9 Å². The highest BCUT2D eigenvalue weighted by Crippen LogP contribution is 2.38. The first-order valence-electron chi connectivity index (χ1n) is 6.68. The zero-order valence-electron chi connectivity index (χ0n) is 12.4. The second-order valence-corrected chi connectivity index (χ2v) is 5.54. The van der Waals surface area contributed by atoms with Crippen LogP contribution in [0.4, 0.5) is 0 Å². The molecule has 2 aliphatic rings. The molecule has 0 aromatic heterocycles. The molecule has 0 amide bonds. The quantitative estimate of drug-likeness (QED) is 0.446. The summed E-state index contributed by atoms with van der Waals surface area (Å²) in [6.45, 7) is 3.47. The SMILES string of the molecule is COC(=O)C(C(=O)OC)[C@@H]1C=C[C@@H]2OC(C)(C)O[C@@H]2[C@H]1O. The number of carbonyl (C=O) groups excluding carboxylic acids is 2. The van der Waals surface area contributed by atoms with Crippen molar-refractivity contribution in [2.75, 3.05) is 14.2 Å². The predicted molar refractivity (Wildman–Crippen MR) is 70.0 cm³/mol. The Morgan fingerprint density at radius 1 is 1.14 bits per heavy atom. The van der Waals surface area contributed by atoms with Gasteiger partial charge < -0.3 is 24.1 Å². The number of hydrogen-bond donors (Lipinski definition) is 1. The minimum atomic E-state index is -1.24. The molecule has 21 heavy (non-hydrogen) atoms. The number of methoxy groups -OCH3 is 2. The molecule has 2 rings (SSSR count). The van der Waals surface area contributed by atoms with E-state index in [0.29, 0.717) is 0 Å². The average molecular weight is 300 g/mol. The number of aliphatic hydroxyl groups is 1. The van der Waals surface area contributed by atoms with Crippen LogP contribution in [0, 0.1) is 11.8 Å². The van der Waals surface area contributed by atoms with Crippen molar-refractivity contribution in [3.05, 3.63) is 12.2 Å². The van der Waals surface area contributed by atoms with Crippen LogP contribution < -0.4 is 0 Å². The lowest BCUT2D eigenvalue weighted by Gasteiger charge is -2.33. The first-order chi connectivity index (χ1) is 9.80. The van der Waals surface area contributed by atoms with E-state index in [0.717, 1.165) is 0 Å². The molecule has 1 aliphatic heterocycles. The molecule has 7 nitrogen and oxygen atoms in total. The van der Waals surface area contributed by atoms with Crippen molar-refractivity contribution in [1.82, 2.24) is 0 Å².